The fraction of sp³-hybridized carbons (Fsp3) is 0.684. The maximum absolute atomic E-state index is 6.09. The number of benzene rings is 1. The Hall–Kier alpha value is 0.445. The first kappa shape index (κ1) is 19.5. The van der Waals surface area contributed by atoms with Gasteiger partial charge in [0, 0.05) is 0 Å². The Morgan fingerprint density at radius 1 is 0.762 bits per heavy atom. The van der Waals surface area contributed by atoms with Crippen molar-refractivity contribution in [2.24, 2.45) is 0 Å². The van der Waals surface area contributed by atoms with Gasteiger partial charge in [-0.05, 0) is 0 Å². The zero-order chi connectivity index (χ0) is 15.2. The first-order valence-electron chi connectivity index (χ1n) is 9.01. The van der Waals surface area contributed by atoms with Crippen LogP contribution in [-0.2, 0) is 33.7 Å². The maximum atomic E-state index is 6.09. The summed E-state index contributed by atoms with van der Waals surface area (Å²) in [6.45, 7) is 2.29. The first-order valence-corrected chi connectivity index (χ1v) is 19.7. The summed E-state index contributed by atoms with van der Waals surface area (Å²) in [6, 6.07) is 8.94. The van der Waals surface area contributed by atoms with Crippen LogP contribution in [0.25, 0.3) is 0 Å². The van der Waals surface area contributed by atoms with E-state index < -0.39 is 23.3 Å². The Morgan fingerprint density at radius 3 is 1.86 bits per heavy atom. The Labute approximate surface area is 147 Å². The van der Waals surface area contributed by atoms with E-state index in [0.29, 0.717) is 0 Å². The van der Waals surface area contributed by atoms with E-state index in [1.54, 1.807) is 11.1 Å². The molecule has 0 aromatic heterocycles. The Balaban J connectivity index is 2.01. The van der Waals surface area contributed by atoms with Crippen LogP contribution in [0, 0.1) is 0 Å². The van der Waals surface area contributed by atoms with E-state index in [1.165, 1.54) is 74.6 Å². The van der Waals surface area contributed by atoms with Crippen molar-refractivity contribution >= 4 is 8.25 Å². The van der Waals surface area contributed by atoms with Crippen LogP contribution in [0.4, 0.5) is 0 Å². The van der Waals surface area contributed by atoms with Crippen LogP contribution in [0.5, 0.6) is 0 Å². The van der Waals surface area contributed by atoms with E-state index in [2.05, 4.69) is 31.2 Å². The van der Waals surface area contributed by atoms with Gasteiger partial charge in [-0.3, -0.25) is 0 Å². The molecule has 0 aliphatic carbocycles. The SMILES string of the molecule is CCCCCCCCCCCCc1ccccc1[CH2][Hg][Cl]. The van der Waals surface area contributed by atoms with Crippen LogP contribution in [0.1, 0.15) is 82.3 Å². The summed E-state index contributed by atoms with van der Waals surface area (Å²) >= 11 is -1.05. The van der Waals surface area contributed by atoms with Gasteiger partial charge >= 0.3 is 129 Å². The predicted molar refractivity (Wildman–Crippen MR) is 91.5 cm³/mol. The molecule has 1 rings (SSSR count). The second kappa shape index (κ2) is 14.1. The molecule has 116 valence electrons. The Kier molecular flexibility index (Phi) is 13.1. The topological polar surface area (TPSA) is 0 Å². The number of hydrogen-bond acceptors (Lipinski definition) is 0. The van der Waals surface area contributed by atoms with Gasteiger partial charge in [0.25, 0.3) is 0 Å². The van der Waals surface area contributed by atoms with Gasteiger partial charge in [-0.15, -0.1) is 0 Å². The molecule has 0 saturated heterocycles. The predicted octanol–water partition coefficient (Wildman–Crippen LogP) is 6.89. The molecule has 0 bridgehead atoms. The molecule has 0 heterocycles. The zero-order valence-electron chi connectivity index (χ0n) is 13.9. The Morgan fingerprint density at radius 2 is 1.29 bits per heavy atom. The molecule has 21 heavy (non-hydrogen) atoms. The number of unbranched alkanes of at least 4 members (excludes halogenated alkanes) is 9. The van der Waals surface area contributed by atoms with Gasteiger partial charge in [-0.25, -0.2) is 0 Å². The molecule has 0 aliphatic heterocycles. The van der Waals surface area contributed by atoms with Crippen LogP contribution < -0.4 is 0 Å². The fourth-order valence-electron chi connectivity index (χ4n) is 2.95. The number of rotatable bonds is 13. The van der Waals surface area contributed by atoms with E-state index in [4.69, 9.17) is 8.25 Å². The number of halogens is 1. The molecule has 0 unspecified atom stereocenters. The molecule has 0 radical (unpaired) electrons. The third kappa shape index (κ3) is 9.95. The van der Waals surface area contributed by atoms with Crippen LogP contribution >= 0.6 is 8.25 Å². The quantitative estimate of drug-likeness (QED) is 0.207. The second-order valence-corrected chi connectivity index (χ2v) is 12.9. The fourth-order valence-corrected chi connectivity index (χ4v) is 7.42. The minimum absolute atomic E-state index is 1.05. The minimum atomic E-state index is -1.05. The van der Waals surface area contributed by atoms with Crippen molar-refractivity contribution in [3.05, 3.63) is 35.4 Å². The number of aryl methyl sites for hydroxylation is 1. The molecule has 0 saturated carbocycles. The standard InChI is InChI=1S/C19H31.ClH.Hg/c1-3-4-5-6-7-8-9-10-11-12-16-19-17-14-13-15-18(19)2;;/h13-15,17H,2-12,16H2,1H3;1H;/q;;+1/p-1. The van der Waals surface area contributed by atoms with Gasteiger partial charge in [-0.2, -0.15) is 0 Å². The summed E-state index contributed by atoms with van der Waals surface area (Å²) in [4.78, 5) is 0. The normalized spacial score (nSPS) is 10.6. The van der Waals surface area contributed by atoms with Crippen molar-refractivity contribution in [3.8, 4) is 0 Å². The number of hydrogen-bond donors (Lipinski definition) is 0. The van der Waals surface area contributed by atoms with Gasteiger partial charge < -0.3 is 0 Å². The molecule has 0 spiro atoms. The average Bonchev–Trinajstić information content (AvgIpc) is 2.51. The summed E-state index contributed by atoms with van der Waals surface area (Å²) < 4.78 is 1.23. The molecule has 0 amide bonds. The van der Waals surface area contributed by atoms with Crippen molar-refractivity contribution < 1.29 is 23.3 Å². The van der Waals surface area contributed by atoms with Crippen molar-refractivity contribution in [2.75, 3.05) is 0 Å². The van der Waals surface area contributed by atoms with Crippen LogP contribution in [-0.4, -0.2) is 0 Å². The van der Waals surface area contributed by atoms with Crippen molar-refractivity contribution in [3.63, 3.8) is 0 Å². The van der Waals surface area contributed by atoms with E-state index in [0.717, 1.165) is 0 Å². The van der Waals surface area contributed by atoms with Gasteiger partial charge in [0.15, 0.2) is 0 Å². The van der Waals surface area contributed by atoms with Crippen molar-refractivity contribution in [1.82, 2.24) is 0 Å². The van der Waals surface area contributed by atoms with Gasteiger partial charge in [0.1, 0.15) is 0 Å². The summed E-state index contributed by atoms with van der Waals surface area (Å²) in [5.41, 5.74) is 3.11. The van der Waals surface area contributed by atoms with Gasteiger partial charge in [0.2, 0.25) is 0 Å². The van der Waals surface area contributed by atoms with E-state index in [1.807, 2.05) is 0 Å². The molecule has 0 nitrogen and oxygen atoms in total. The molecule has 0 fully saturated rings. The third-order valence-corrected chi connectivity index (χ3v) is 8.77. The Bertz CT molecular complexity index is 351. The van der Waals surface area contributed by atoms with Crippen molar-refractivity contribution in [2.45, 2.75) is 81.5 Å². The monoisotopic (exact) mass is 496 g/mol. The molecular formula is C19H31ClHg. The van der Waals surface area contributed by atoms with E-state index >= 15 is 0 Å². The van der Waals surface area contributed by atoms with E-state index in [-0.39, 0.29) is 0 Å². The van der Waals surface area contributed by atoms with Crippen LogP contribution in [0.15, 0.2) is 24.3 Å². The van der Waals surface area contributed by atoms with Crippen molar-refractivity contribution in [1.29, 1.82) is 0 Å². The van der Waals surface area contributed by atoms with Crippen LogP contribution in [0.2, 0.25) is 0 Å². The summed E-state index contributed by atoms with van der Waals surface area (Å²) in [5.74, 6) is 0. The van der Waals surface area contributed by atoms with Crippen LogP contribution in [0.3, 0.4) is 0 Å². The first-order chi connectivity index (χ1) is 10.4. The molecule has 2 heteroatoms. The average molecular weight is 496 g/mol. The molecular weight excluding hydrogens is 464 g/mol. The summed E-state index contributed by atoms with van der Waals surface area (Å²) in [7, 11) is 6.09. The molecule has 1 aromatic carbocycles. The second-order valence-electron chi connectivity index (χ2n) is 6.14. The molecule has 1 aromatic rings. The zero-order valence-corrected chi connectivity index (χ0v) is 20.1. The molecule has 0 aliphatic rings. The molecule has 0 atom stereocenters. The van der Waals surface area contributed by atoms with Gasteiger partial charge in [0.05, 0.1) is 0 Å². The summed E-state index contributed by atoms with van der Waals surface area (Å²) in [5, 5.41) is 0. The van der Waals surface area contributed by atoms with Gasteiger partial charge in [-0.1, -0.05) is 19.8 Å². The molecule has 0 N–H and O–H groups in total. The summed E-state index contributed by atoms with van der Waals surface area (Å²) in [6.07, 6.45) is 15.4. The van der Waals surface area contributed by atoms with E-state index in [9.17, 15) is 0 Å². The third-order valence-electron chi connectivity index (χ3n) is 4.28.